The Hall–Kier alpha value is -2.45. The van der Waals surface area contributed by atoms with Gasteiger partial charge in [-0.2, -0.15) is 0 Å². The number of carbonyl (C=O) groups excluding carboxylic acids is 1. The Morgan fingerprint density at radius 2 is 2.13 bits per heavy atom. The summed E-state index contributed by atoms with van der Waals surface area (Å²) in [7, 11) is 1.60. The van der Waals surface area contributed by atoms with Crippen molar-refractivity contribution >= 4 is 40.1 Å². The quantitative estimate of drug-likeness (QED) is 0.308. The number of carbonyl (C=O) groups is 1. The molecule has 2 atom stereocenters. The number of hydrogen-bond donors (Lipinski definition) is 3. The molecule has 0 unspecified atom stereocenters. The van der Waals surface area contributed by atoms with Gasteiger partial charge in [-0.05, 0) is 37.5 Å². The van der Waals surface area contributed by atoms with Crippen LogP contribution in [0, 0.1) is 0 Å². The van der Waals surface area contributed by atoms with E-state index in [0.717, 1.165) is 43.9 Å². The Morgan fingerprint density at radius 3 is 2.90 bits per heavy atom. The van der Waals surface area contributed by atoms with E-state index in [1.54, 1.807) is 19.2 Å². The number of rotatable bonds is 9. The summed E-state index contributed by atoms with van der Waals surface area (Å²) < 4.78 is 5.10. The van der Waals surface area contributed by atoms with Crippen molar-refractivity contribution in [1.82, 2.24) is 15.3 Å². The summed E-state index contributed by atoms with van der Waals surface area (Å²) in [6.45, 7) is 2.97. The summed E-state index contributed by atoms with van der Waals surface area (Å²) >= 11 is 6.24. The average molecular weight is 447 g/mol. The lowest BCUT2D eigenvalue weighted by Crippen LogP contribution is -2.38. The smallest absolute Gasteiger partial charge is 0.289 e. The molecule has 168 valence electrons. The van der Waals surface area contributed by atoms with Gasteiger partial charge in [0.15, 0.2) is 0 Å². The molecule has 0 saturated heterocycles. The maximum absolute atomic E-state index is 12.6. The van der Waals surface area contributed by atoms with Crippen molar-refractivity contribution in [2.45, 2.75) is 57.5 Å². The summed E-state index contributed by atoms with van der Waals surface area (Å²) in [6, 6.07) is 5.43. The minimum atomic E-state index is -0.282. The number of methoxy groups -OCH3 is 1. The van der Waals surface area contributed by atoms with Gasteiger partial charge in [-0.15, -0.1) is 0 Å². The lowest BCUT2D eigenvalue weighted by Gasteiger charge is -2.30. The number of benzene rings is 1. The van der Waals surface area contributed by atoms with E-state index >= 15 is 0 Å². The molecule has 3 rings (SSSR count). The van der Waals surface area contributed by atoms with Gasteiger partial charge in [0.1, 0.15) is 18.3 Å². The van der Waals surface area contributed by atoms with E-state index in [-0.39, 0.29) is 23.8 Å². The Labute approximate surface area is 188 Å². The molecule has 2 aromatic rings. The first-order valence-corrected chi connectivity index (χ1v) is 11.2. The molecular weight excluding hydrogens is 416 g/mol. The number of aromatic nitrogens is 2. The average Bonchev–Trinajstić information content (AvgIpc) is 2.75. The minimum Gasteiger partial charge on any atom is -0.386 e. The first kappa shape index (κ1) is 23.2. The van der Waals surface area contributed by atoms with Crippen LogP contribution in [-0.4, -0.2) is 54.1 Å². The number of nitrogens with zero attached hydrogens (tertiary/aromatic N) is 3. The van der Waals surface area contributed by atoms with Crippen molar-refractivity contribution in [3.05, 3.63) is 29.0 Å². The van der Waals surface area contributed by atoms with Gasteiger partial charge in [-0.25, -0.2) is 9.97 Å². The van der Waals surface area contributed by atoms with E-state index in [0.29, 0.717) is 35.3 Å². The molecule has 1 fully saturated rings. The molecule has 1 heterocycles. The molecule has 0 aliphatic heterocycles. The van der Waals surface area contributed by atoms with Gasteiger partial charge >= 0.3 is 0 Å². The molecule has 1 saturated carbocycles. The van der Waals surface area contributed by atoms with Crippen molar-refractivity contribution in [3.63, 3.8) is 0 Å². The van der Waals surface area contributed by atoms with Gasteiger partial charge in [0.25, 0.3) is 5.91 Å². The van der Waals surface area contributed by atoms with Crippen LogP contribution in [0.2, 0.25) is 5.02 Å². The molecule has 1 aliphatic rings. The third kappa shape index (κ3) is 6.27. The van der Waals surface area contributed by atoms with E-state index < -0.39 is 0 Å². The number of nitrogens with one attached hydrogen (secondary N) is 2. The fourth-order valence-corrected chi connectivity index (χ4v) is 3.95. The number of unbranched alkanes of at least 4 members (excludes halogenated alkanes) is 1. The fourth-order valence-electron chi connectivity index (χ4n) is 3.78. The molecule has 1 amide bonds. The molecule has 4 N–H and O–H groups in total. The number of amides is 1. The zero-order chi connectivity index (χ0) is 22.2. The van der Waals surface area contributed by atoms with Crippen LogP contribution in [-0.2, 0) is 4.74 Å². The summed E-state index contributed by atoms with van der Waals surface area (Å²) in [6.07, 6.45) is 5.94. The molecule has 1 aliphatic carbocycles. The molecule has 8 nitrogen and oxygen atoms in total. The molecule has 1 aromatic carbocycles. The number of fused-ring (bicyclic) bond motifs is 1. The normalized spacial score (nSPS) is 19.4. The standard InChI is InChI=1S/C22H31ClN6O2/c1-3-4-11-25-22(30)21-27-16-10-9-14(23)12-15(16)20(29-21)28-18-8-6-5-7-17(18)26-19(24)13-31-2/h9-10,12,17-18H,3-8,11,13H2,1-2H3,(H2,24,26)(H,25,30)(H,27,28,29)/t17-,18+/m1/s1. The van der Waals surface area contributed by atoms with E-state index in [1.165, 1.54) is 0 Å². The molecule has 0 spiro atoms. The number of halogens is 1. The van der Waals surface area contributed by atoms with Gasteiger partial charge in [0.05, 0.1) is 11.6 Å². The predicted octanol–water partition coefficient (Wildman–Crippen LogP) is 3.54. The van der Waals surface area contributed by atoms with Crippen molar-refractivity contribution in [1.29, 1.82) is 0 Å². The molecule has 0 bridgehead atoms. The second-order valence-electron chi connectivity index (χ2n) is 7.82. The van der Waals surface area contributed by atoms with Crippen molar-refractivity contribution in [2.24, 2.45) is 10.7 Å². The van der Waals surface area contributed by atoms with Crippen LogP contribution in [0.4, 0.5) is 5.82 Å². The van der Waals surface area contributed by atoms with E-state index in [4.69, 9.17) is 22.1 Å². The van der Waals surface area contributed by atoms with Crippen LogP contribution in [0.3, 0.4) is 0 Å². The Balaban J connectivity index is 1.92. The predicted molar refractivity (Wildman–Crippen MR) is 125 cm³/mol. The van der Waals surface area contributed by atoms with Crippen LogP contribution in [0.25, 0.3) is 10.9 Å². The number of amidine groups is 1. The monoisotopic (exact) mass is 446 g/mol. The van der Waals surface area contributed by atoms with Gasteiger partial charge in [0.2, 0.25) is 5.82 Å². The number of ether oxygens (including phenoxy) is 1. The lowest BCUT2D eigenvalue weighted by atomic mass is 9.90. The van der Waals surface area contributed by atoms with E-state index in [1.807, 2.05) is 6.07 Å². The Morgan fingerprint density at radius 1 is 1.32 bits per heavy atom. The van der Waals surface area contributed by atoms with Crippen LogP contribution < -0.4 is 16.4 Å². The second kappa shape index (κ2) is 11.2. The highest BCUT2D eigenvalue weighted by Crippen LogP contribution is 2.29. The highest BCUT2D eigenvalue weighted by atomic mass is 35.5. The summed E-state index contributed by atoms with van der Waals surface area (Å²) in [5.74, 6) is 0.928. The van der Waals surface area contributed by atoms with Crippen molar-refractivity contribution in [3.8, 4) is 0 Å². The van der Waals surface area contributed by atoms with Crippen LogP contribution in [0.5, 0.6) is 0 Å². The first-order chi connectivity index (χ1) is 15.0. The third-order valence-corrected chi connectivity index (χ3v) is 5.59. The molecule has 1 aromatic heterocycles. The van der Waals surface area contributed by atoms with Gasteiger partial charge in [-0.1, -0.05) is 37.8 Å². The Bertz CT molecular complexity index is 936. The molecule has 31 heavy (non-hydrogen) atoms. The van der Waals surface area contributed by atoms with Crippen LogP contribution in [0.1, 0.15) is 56.1 Å². The second-order valence-corrected chi connectivity index (χ2v) is 8.26. The largest absolute Gasteiger partial charge is 0.386 e. The van der Waals surface area contributed by atoms with Gasteiger partial charge < -0.3 is 21.1 Å². The van der Waals surface area contributed by atoms with Gasteiger partial charge in [0, 0.05) is 30.1 Å². The summed E-state index contributed by atoms with van der Waals surface area (Å²) in [5, 5.41) is 7.76. The number of hydrogen-bond acceptors (Lipinski definition) is 6. The fraction of sp³-hybridized carbons (Fsp3) is 0.545. The maximum atomic E-state index is 12.6. The SMILES string of the molecule is CCCCNC(=O)c1nc(N[C@H]2CCCC[C@H]2N=C(N)COC)c2cc(Cl)ccc2n1. The lowest BCUT2D eigenvalue weighted by molar-refractivity contribution is 0.0943. The highest BCUT2D eigenvalue weighted by molar-refractivity contribution is 6.31. The van der Waals surface area contributed by atoms with E-state index in [2.05, 4.69) is 32.5 Å². The molecular formula is C22H31ClN6O2. The summed E-state index contributed by atoms with van der Waals surface area (Å²) in [4.78, 5) is 26.3. The topological polar surface area (TPSA) is 115 Å². The molecule has 9 heteroatoms. The number of nitrogens with two attached hydrogens (primary N) is 1. The maximum Gasteiger partial charge on any atom is 0.289 e. The van der Waals surface area contributed by atoms with Gasteiger partial charge in [-0.3, -0.25) is 9.79 Å². The van der Waals surface area contributed by atoms with Crippen LogP contribution >= 0.6 is 11.6 Å². The Kier molecular flexibility index (Phi) is 8.43. The van der Waals surface area contributed by atoms with E-state index in [9.17, 15) is 4.79 Å². The summed E-state index contributed by atoms with van der Waals surface area (Å²) in [5.41, 5.74) is 6.67. The zero-order valence-electron chi connectivity index (χ0n) is 18.2. The zero-order valence-corrected chi connectivity index (χ0v) is 18.9. The number of anilines is 1. The van der Waals surface area contributed by atoms with Crippen molar-refractivity contribution in [2.75, 3.05) is 25.6 Å². The number of aliphatic imine (C=N–C) groups is 1. The van der Waals surface area contributed by atoms with Crippen LogP contribution in [0.15, 0.2) is 23.2 Å². The highest BCUT2D eigenvalue weighted by Gasteiger charge is 2.26. The van der Waals surface area contributed by atoms with Crippen molar-refractivity contribution < 1.29 is 9.53 Å². The minimum absolute atomic E-state index is 0.00919. The molecule has 0 radical (unpaired) electrons. The first-order valence-electron chi connectivity index (χ1n) is 10.8. The third-order valence-electron chi connectivity index (χ3n) is 5.35.